The smallest absolute Gasteiger partial charge is 0.450 e. The third kappa shape index (κ3) is 3.86. The van der Waals surface area contributed by atoms with E-state index >= 15 is 0 Å². The minimum absolute atomic E-state index is 0.00604. The van der Waals surface area contributed by atoms with Crippen LogP contribution in [-0.4, -0.2) is 37.0 Å². The Morgan fingerprint density at radius 2 is 1.97 bits per heavy atom. The summed E-state index contributed by atoms with van der Waals surface area (Å²) in [5.74, 6) is -0.874. The summed E-state index contributed by atoms with van der Waals surface area (Å²) in [5.41, 5.74) is -1.16. The molecular formula is C22H20F3NO5. The summed E-state index contributed by atoms with van der Waals surface area (Å²) in [6, 6.07) is 9.00. The average molecular weight is 435 g/mol. The summed E-state index contributed by atoms with van der Waals surface area (Å²) in [4.78, 5) is 15.1. The molecule has 0 aliphatic carbocycles. The van der Waals surface area contributed by atoms with Gasteiger partial charge in [-0.3, -0.25) is 9.69 Å². The Labute approximate surface area is 175 Å². The van der Waals surface area contributed by atoms with Gasteiger partial charge in [-0.2, -0.15) is 13.2 Å². The number of methoxy groups -OCH3 is 1. The lowest BCUT2D eigenvalue weighted by molar-refractivity contribution is -0.152. The number of halogens is 3. The van der Waals surface area contributed by atoms with Crippen molar-refractivity contribution in [3.05, 3.63) is 57.9 Å². The van der Waals surface area contributed by atoms with E-state index in [1.54, 1.807) is 12.1 Å². The standard InChI is InChI=1S/C22H20F3NO5/c1-29-16-6-3-2-5-13(16)18-19(28)14-7-8-17-15(11-26(12-30-17)9-4-10-27)20(14)31-21(18)22(23,24)25/h2-3,5-8,27H,4,9-12H2,1H3. The highest BCUT2D eigenvalue weighted by Gasteiger charge is 2.40. The fourth-order valence-corrected chi connectivity index (χ4v) is 3.74. The number of nitrogens with zero attached hydrogens (tertiary/aromatic N) is 1. The van der Waals surface area contributed by atoms with Crippen LogP contribution in [0, 0.1) is 0 Å². The van der Waals surface area contributed by atoms with E-state index in [-0.39, 0.29) is 42.2 Å². The molecule has 2 heterocycles. The number of benzene rings is 2. The molecule has 0 radical (unpaired) electrons. The van der Waals surface area contributed by atoms with Gasteiger partial charge in [0, 0.05) is 25.3 Å². The van der Waals surface area contributed by atoms with Crippen molar-refractivity contribution in [2.45, 2.75) is 19.1 Å². The zero-order chi connectivity index (χ0) is 22.2. The maximum absolute atomic E-state index is 14.0. The molecule has 0 unspecified atom stereocenters. The van der Waals surface area contributed by atoms with Gasteiger partial charge in [0.1, 0.15) is 23.8 Å². The summed E-state index contributed by atoms with van der Waals surface area (Å²) < 4.78 is 58.3. The maximum atomic E-state index is 14.0. The Morgan fingerprint density at radius 1 is 1.19 bits per heavy atom. The third-order valence-electron chi connectivity index (χ3n) is 5.17. The average Bonchev–Trinajstić information content (AvgIpc) is 2.76. The molecule has 3 aromatic rings. The molecule has 1 aliphatic heterocycles. The molecule has 31 heavy (non-hydrogen) atoms. The Kier molecular flexibility index (Phi) is 5.63. The largest absolute Gasteiger partial charge is 0.496 e. The van der Waals surface area contributed by atoms with E-state index in [4.69, 9.17) is 19.0 Å². The SMILES string of the molecule is COc1ccccc1-c1c(C(F)(F)F)oc2c3c(ccc2c1=O)OCN(CCCO)C3. The molecule has 0 spiro atoms. The first kappa shape index (κ1) is 21.2. The van der Waals surface area contributed by atoms with E-state index in [0.29, 0.717) is 24.3 Å². The Balaban J connectivity index is 1.98. The molecule has 0 fully saturated rings. The van der Waals surface area contributed by atoms with Crippen LogP contribution >= 0.6 is 0 Å². The van der Waals surface area contributed by atoms with Gasteiger partial charge in [0.05, 0.1) is 23.6 Å². The second-order valence-corrected chi connectivity index (χ2v) is 7.16. The normalized spacial score (nSPS) is 14.4. The molecule has 1 N–H and O–H groups in total. The van der Waals surface area contributed by atoms with E-state index in [1.165, 1.54) is 31.4 Å². The Bertz CT molecular complexity index is 1170. The molecule has 0 saturated heterocycles. The van der Waals surface area contributed by atoms with Crippen LogP contribution in [0.15, 0.2) is 45.6 Å². The molecule has 6 nitrogen and oxygen atoms in total. The number of rotatable bonds is 5. The minimum atomic E-state index is -4.90. The first-order valence-electron chi connectivity index (χ1n) is 9.64. The number of para-hydroxylation sites is 1. The zero-order valence-corrected chi connectivity index (χ0v) is 16.7. The number of hydrogen-bond acceptors (Lipinski definition) is 6. The molecule has 0 amide bonds. The van der Waals surface area contributed by atoms with Crippen molar-refractivity contribution < 1.29 is 32.2 Å². The van der Waals surface area contributed by atoms with Crippen LogP contribution in [0.5, 0.6) is 11.5 Å². The number of alkyl halides is 3. The number of fused-ring (bicyclic) bond motifs is 3. The molecule has 0 saturated carbocycles. The molecule has 0 atom stereocenters. The van der Waals surface area contributed by atoms with Gasteiger partial charge in [-0.15, -0.1) is 0 Å². The maximum Gasteiger partial charge on any atom is 0.450 e. The first-order valence-corrected chi connectivity index (χ1v) is 9.64. The van der Waals surface area contributed by atoms with Crippen LogP contribution < -0.4 is 14.9 Å². The van der Waals surface area contributed by atoms with Gasteiger partial charge < -0.3 is 19.0 Å². The second kappa shape index (κ2) is 8.24. The van der Waals surface area contributed by atoms with E-state index in [1.807, 2.05) is 4.90 Å². The molecule has 1 aliphatic rings. The summed E-state index contributed by atoms with van der Waals surface area (Å²) >= 11 is 0. The Morgan fingerprint density at radius 3 is 2.68 bits per heavy atom. The van der Waals surface area contributed by atoms with Crippen molar-refractivity contribution in [3.8, 4) is 22.6 Å². The lowest BCUT2D eigenvalue weighted by Gasteiger charge is -2.29. The number of hydrogen-bond donors (Lipinski definition) is 1. The van der Waals surface area contributed by atoms with Crippen LogP contribution in [0.3, 0.4) is 0 Å². The predicted octanol–water partition coefficient (Wildman–Crippen LogP) is 4.02. The van der Waals surface area contributed by atoms with Gasteiger partial charge in [0.15, 0.2) is 0 Å². The highest BCUT2D eigenvalue weighted by molar-refractivity contribution is 5.88. The van der Waals surface area contributed by atoms with Crippen LogP contribution in [-0.2, 0) is 12.7 Å². The number of ether oxygens (including phenoxy) is 2. The number of aliphatic hydroxyl groups excluding tert-OH is 1. The van der Waals surface area contributed by atoms with Crippen molar-refractivity contribution in [3.63, 3.8) is 0 Å². The van der Waals surface area contributed by atoms with Crippen molar-refractivity contribution in [1.29, 1.82) is 0 Å². The van der Waals surface area contributed by atoms with Gasteiger partial charge in [0.2, 0.25) is 11.2 Å². The summed E-state index contributed by atoms with van der Waals surface area (Å²) in [7, 11) is 1.32. The number of aliphatic hydroxyl groups is 1. The highest BCUT2D eigenvalue weighted by atomic mass is 19.4. The predicted molar refractivity (Wildman–Crippen MR) is 107 cm³/mol. The molecule has 4 rings (SSSR count). The van der Waals surface area contributed by atoms with E-state index in [2.05, 4.69) is 0 Å². The highest BCUT2D eigenvalue weighted by Crippen LogP contribution is 2.42. The van der Waals surface area contributed by atoms with Crippen molar-refractivity contribution in [2.75, 3.05) is 27.0 Å². The summed E-state index contributed by atoms with van der Waals surface area (Å²) in [6.45, 7) is 0.936. The van der Waals surface area contributed by atoms with Gasteiger partial charge in [-0.05, 0) is 24.6 Å². The first-order chi connectivity index (χ1) is 14.8. The van der Waals surface area contributed by atoms with Crippen LogP contribution in [0.1, 0.15) is 17.7 Å². The van der Waals surface area contributed by atoms with Gasteiger partial charge in [-0.1, -0.05) is 18.2 Å². The van der Waals surface area contributed by atoms with Gasteiger partial charge in [0.25, 0.3) is 0 Å². The monoisotopic (exact) mass is 435 g/mol. The zero-order valence-electron chi connectivity index (χ0n) is 16.7. The van der Waals surface area contributed by atoms with Crippen molar-refractivity contribution >= 4 is 11.0 Å². The minimum Gasteiger partial charge on any atom is -0.496 e. The van der Waals surface area contributed by atoms with E-state index < -0.39 is 22.9 Å². The summed E-state index contributed by atoms with van der Waals surface area (Å²) in [5, 5.41) is 9.07. The quantitative estimate of drug-likeness (QED) is 0.653. The molecule has 0 bridgehead atoms. The fourth-order valence-electron chi connectivity index (χ4n) is 3.74. The lowest BCUT2D eigenvalue weighted by atomic mass is 9.99. The molecular weight excluding hydrogens is 415 g/mol. The molecule has 2 aromatic carbocycles. The molecule has 164 valence electrons. The fraction of sp³-hybridized carbons (Fsp3) is 0.318. The van der Waals surface area contributed by atoms with Crippen molar-refractivity contribution in [2.24, 2.45) is 0 Å². The molecule has 1 aromatic heterocycles. The van der Waals surface area contributed by atoms with E-state index in [9.17, 15) is 18.0 Å². The molecule has 9 heteroatoms. The topological polar surface area (TPSA) is 72.1 Å². The lowest BCUT2D eigenvalue weighted by Crippen LogP contribution is -2.33. The Hall–Kier alpha value is -3.04. The van der Waals surface area contributed by atoms with Crippen LogP contribution in [0.4, 0.5) is 13.2 Å². The van der Waals surface area contributed by atoms with Gasteiger partial charge >= 0.3 is 6.18 Å². The van der Waals surface area contributed by atoms with E-state index in [0.717, 1.165) is 0 Å². The summed E-state index contributed by atoms with van der Waals surface area (Å²) in [6.07, 6.45) is -4.42. The second-order valence-electron chi connectivity index (χ2n) is 7.16. The van der Waals surface area contributed by atoms with Crippen LogP contribution in [0.25, 0.3) is 22.1 Å². The van der Waals surface area contributed by atoms with Crippen molar-refractivity contribution in [1.82, 2.24) is 4.90 Å². The third-order valence-corrected chi connectivity index (χ3v) is 5.17. The van der Waals surface area contributed by atoms with Gasteiger partial charge in [-0.25, -0.2) is 0 Å². The van der Waals surface area contributed by atoms with Crippen LogP contribution in [0.2, 0.25) is 0 Å².